The number of benzene rings is 1. The third-order valence-electron chi connectivity index (χ3n) is 5.13. The van der Waals surface area contributed by atoms with Crippen molar-refractivity contribution in [2.75, 3.05) is 26.2 Å². The molecule has 0 spiro atoms. The fourth-order valence-corrected chi connectivity index (χ4v) is 3.75. The number of nitrogens with one attached hydrogen (secondary N) is 1. The molecule has 1 fully saturated rings. The van der Waals surface area contributed by atoms with Crippen molar-refractivity contribution in [2.45, 2.75) is 19.9 Å². The van der Waals surface area contributed by atoms with Gasteiger partial charge in [-0.05, 0) is 44.1 Å². The van der Waals surface area contributed by atoms with Crippen LogP contribution in [0.5, 0.6) is 0 Å². The standard InChI is InChI=1S/C20H26N4O/c1-3-24-9-8-15(13-24)11-21-12-17-14-23(2)22-20(17)19-10-16-6-4-5-7-18(16)25-19/h4-7,10,14-15,21H,3,8-9,11-13H2,1-2H3. The van der Waals surface area contributed by atoms with Crippen molar-refractivity contribution in [1.29, 1.82) is 0 Å². The summed E-state index contributed by atoms with van der Waals surface area (Å²) >= 11 is 0. The van der Waals surface area contributed by atoms with Gasteiger partial charge in [0.2, 0.25) is 0 Å². The molecule has 0 radical (unpaired) electrons. The van der Waals surface area contributed by atoms with Gasteiger partial charge in [0.25, 0.3) is 0 Å². The van der Waals surface area contributed by atoms with E-state index in [1.165, 1.54) is 25.1 Å². The van der Waals surface area contributed by atoms with Crippen LogP contribution in [0.3, 0.4) is 0 Å². The molecule has 0 aliphatic carbocycles. The van der Waals surface area contributed by atoms with Crippen molar-refractivity contribution in [1.82, 2.24) is 20.0 Å². The molecule has 25 heavy (non-hydrogen) atoms. The zero-order chi connectivity index (χ0) is 17.2. The van der Waals surface area contributed by atoms with E-state index in [1.807, 2.05) is 29.9 Å². The minimum atomic E-state index is 0.756. The molecule has 5 heteroatoms. The molecule has 1 unspecified atom stereocenters. The van der Waals surface area contributed by atoms with Crippen molar-refractivity contribution in [3.8, 4) is 11.5 Å². The van der Waals surface area contributed by atoms with E-state index in [4.69, 9.17) is 4.42 Å². The molecule has 4 rings (SSSR count). The summed E-state index contributed by atoms with van der Waals surface area (Å²) in [6, 6.07) is 10.2. The van der Waals surface area contributed by atoms with Gasteiger partial charge in [-0.1, -0.05) is 25.1 Å². The molecule has 5 nitrogen and oxygen atoms in total. The second-order valence-corrected chi connectivity index (χ2v) is 7.00. The van der Waals surface area contributed by atoms with Gasteiger partial charge in [-0.15, -0.1) is 0 Å². The molecule has 0 saturated carbocycles. The van der Waals surface area contributed by atoms with Crippen molar-refractivity contribution in [2.24, 2.45) is 13.0 Å². The maximum absolute atomic E-state index is 6.01. The zero-order valence-corrected chi connectivity index (χ0v) is 15.0. The number of nitrogens with zero attached hydrogens (tertiary/aromatic N) is 3. The van der Waals surface area contributed by atoms with E-state index in [-0.39, 0.29) is 0 Å². The smallest absolute Gasteiger partial charge is 0.156 e. The SMILES string of the molecule is CCN1CCC(CNCc2cn(C)nc2-c2cc3ccccc3o2)C1. The molecule has 1 aliphatic rings. The molecular weight excluding hydrogens is 312 g/mol. The summed E-state index contributed by atoms with van der Waals surface area (Å²) in [5.41, 5.74) is 3.03. The highest BCUT2D eigenvalue weighted by Crippen LogP contribution is 2.29. The van der Waals surface area contributed by atoms with Gasteiger partial charge < -0.3 is 14.6 Å². The lowest BCUT2D eigenvalue weighted by atomic mass is 10.1. The van der Waals surface area contributed by atoms with E-state index in [0.29, 0.717) is 0 Å². The van der Waals surface area contributed by atoms with Crippen LogP contribution in [0.15, 0.2) is 40.9 Å². The summed E-state index contributed by atoms with van der Waals surface area (Å²) in [6.45, 7) is 7.74. The molecule has 1 atom stereocenters. The summed E-state index contributed by atoms with van der Waals surface area (Å²) in [5, 5.41) is 9.37. The fourth-order valence-electron chi connectivity index (χ4n) is 3.75. The molecule has 3 aromatic rings. The molecule has 2 aromatic heterocycles. The summed E-state index contributed by atoms with van der Waals surface area (Å²) in [6.07, 6.45) is 3.38. The zero-order valence-electron chi connectivity index (χ0n) is 15.0. The highest BCUT2D eigenvalue weighted by atomic mass is 16.3. The van der Waals surface area contributed by atoms with Gasteiger partial charge in [0.1, 0.15) is 11.3 Å². The molecule has 1 aromatic carbocycles. The number of rotatable bonds is 6. The lowest BCUT2D eigenvalue weighted by Crippen LogP contribution is -2.26. The van der Waals surface area contributed by atoms with Gasteiger partial charge >= 0.3 is 0 Å². The number of hydrogen-bond acceptors (Lipinski definition) is 4. The van der Waals surface area contributed by atoms with Gasteiger partial charge in [0.05, 0.1) is 0 Å². The number of para-hydroxylation sites is 1. The minimum absolute atomic E-state index is 0.756. The van der Waals surface area contributed by atoms with Gasteiger partial charge in [-0.25, -0.2) is 0 Å². The quantitative estimate of drug-likeness (QED) is 0.749. The average Bonchev–Trinajstić information content (AvgIpc) is 3.32. The third kappa shape index (κ3) is 3.48. The van der Waals surface area contributed by atoms with Crippen LogP contribution in [0.25, 0.3) is 22.4 Å². The Balaban J connectivity index is 1.46. The summed E-state index contributed by atoms with van der Waals surface area (Å²) in [5.74, 6) is 1.60. The van der Waals surface area contributed by atoms with Crippen molar-refractivity contribution < 1.29 is 4.42 Å². The number of hydrogen-bond donors (Lipinski definition) is 1. The fraction of sp³-hybridized carbons (Fsp3) is 0.450. The highest BCUT2D eigenvalue weighted by molar-refractivity contribution is 5.82. The molecule has 132 valence electrons. The van der Waals surface area contributed by atoms with Crippen LogP contribution in [0.4, 0.5) is 0 Å². The van der Waals surface area contributed by atoms with Crippen LogP contribution in [0.2, 0.25) is 0 Å². The molecule has 0 amide bonds. The lowest BCUT2D eigenvalue weighted by molar-refractivity contribution is 0.339. The van der Waals surface area contributed by atoms with E-state index in [2.05, 4.69) is 40.6 Å². The Morgan fingerprint density at radius 2 is 2.20 bits per heavy atom. The Hall–Kier alpha value is -2.11. The van der Waals surface area contributed by atoms with Crippen molar-refractivity contribution >= 4 is 11.0 Å². The number of likely N-dealkylation sites (tertiary alicyclic amines) is 1. The normalized spacial score (nSPS) is 18.4. The van der Waals surface area contributed by atoms with E-state index in [9.17, 15) is 0 Å². The first kappa shape index (κ1) is 16.4. The van der Waals surface area contributed by atoms with Gasteiger partial charge in [0.15, 0.2) is 5.76 Å². The predicted molar refractivity (Wildman–Crippen MR) is 100 cm³/mol. The van der Waals surface area contributed by atoms with E-state index in [1.54, 1.807) is 0 Å². The molecule has 1 saturated heterocycles. The molecule has 3 heterocycles. The summed E-state index contributed by atoms with van der Waals surface area (Å²) < 4.78 is 7.88. The number of furan rings is 1. The summed E-state index contributed by atoms with van der Waals surface area (Å²) in [4.78, 5) is 2.52. The first-order valence-corrected chi connectivity index (χ1v) is 9.17. The Labute approximate surface area is 148 Å². The maximum Gasteiger partial charge on any atom is 0.156 e. The van der Waals surface area contributed by atoms with E-state index < -0.39 is 0 Å². The van der Waals surface area contributed by atoms with Crippen LogP contribution in [-0.4, -0.2) is 40.9 Å². The molecule has 1 N–H and O–H groups in total. The van der Waals surface area contributed by atoms with Gasteiger partial charge in [0, 0.05) is 37.3 Å². The lowest BCUT2D eigenvalue weighted by Gasteiger charge is -2.13. The Kier molecular flexibility index (Phi) is 4.59. The second kappa shape index (κ2) is 7.02. The third-order valence-corrected chi connectivity index (χ3v) is 5.13. The topological polar surface area (TPSA) is 46.2 Å². The van der Waals surface area contributed by atoms with Crippen molar-refractivity contribution in [3.63, 3.8) is 0 Å². The van der Waals surface area contributed by atoms with Crippen LogP contribution < -0.4 is 5.32 Å². The van der Waals surface area contributed by atoms with E-state index >= 15 is 0 Å². The Morgan fingerprint density at radius 3 is 3.00 bits per heavy atom. The first-order valence-electron chi connectivity index (χ1n) is 9.17. The average molecular weight is 338 g/mol. The highest BCUT2D eigenvalue weighted by Gasteiger charge is 2.21. The predicted octanol–water partition coefficient (Wildman–Crippen LogP) is 3.26. The second-order valence-electron chi connectivity index (χ2n) is 7.00. The molecule has 0 bridgehead atoms. The first-order chi connectivity index (χ1) is 12.2. The monoisotopic (exact) mass is 338 g/mol. The Bertz CT molecular complexity index is 817. The van der Waals surface area contributed by atoms with Crippen LogP contribution in [-0.2, 0) is 13.6 Å². The Morgan fingerprint density at radius 1 is 1.32 bits per heavy atom. The molecule has 1 aliphatic heterocycles. The van der Waals surface area contributed by atoms with E-state index in [0.717, 1.165) is 48.0 Å². The summed E-state index contributed by atoms with van der Waals surface area (Å²) in [7, 11) is 1.96. The van der Waals surface area contributed by atoms with Crippen LogP contribution in [0, 0.1) is 5.92 Å². The van der Waals surface area contributed by atoms with Crippen LogP contribution in [0.1, 0.15) is 18.9 Å². The van der Waals surface area contributed by atoms with Gasteiger partial charge in [-0.2, -0.15) is 5.10 Å². The minimum Gasteiger partial charge on any atom is -0.454 e. The maximum atomic E-state index is 6.01. The van der Waals surface area contributed by atoms with Gasteiger partial charge in [-0.3, -0.25) is 4.68 Å². The number of aromatic nitrogens is 2. The molecular formula is C20H26N4O. The number of fused-ring (bicyclic) bond motifs is 1. The number of aryl methyl sites for hydroxylation is 1. The van der Waals surface area contributed by atoms with Crippen molar-refractivity contribution in [3.05, 3.63) is 42.1 Å². The largest absolute Gasteiger partial charge is 0.454 e. The van der Waals surface area contributed by atoms with Crippen LogP contribution >= 0.6 is 0 Å².